The molecule has 0 spiro atoms. The molecule has 0 saturated carbocycles. The van der Waals surface area contributed by atoms with Crippen LogP contribution in [-0.2, 0) is 24.3 Å². The Morgan fingerprint density at radius 3 is 2.62 bits per heavy atom. The van der Waals surface area contributed by atoms with Crippen molar-refractivity contribution in [3.8, 4) is 5.75 Å². The van der Waals surface area contributed by atoms with Crippen LogP contribution in [0.15, 0.2) is 67.1 Å². The van der Waals surface area contributed by atoms with Crippen molar-refractivity contribution < 1.29 is 9.90 Å². The Labute approximate surface area is 242 Å². The van der Waals surface area contributed by atoms with E-state index in [0.29, 0.717) is 19.0 Å². The van der Waals surface area contributed by atoms with Crippen molar-refractivity contribution in [2.75, 3.05) is 4.90 Å². The van der Waals surface area contributed by atoms with Crippen LogP contribution in [0, 0.1) is 6.92 Å². The van der Waals surface area contributed by atoms with Gasteiger partial charge in [-0.1, -0.05) is 32.0 Å². The van der Waals surface area contributed by atoms with Gasteiger partial charge in [-0.2, -0.15) is 5.10 Å². The Balaban J connectivity index is 0.00000210. The van der Waals surface area contributed by atoms with Crippen LogP contribution < -0.4 is 4.90 Å². The van der Waals surface area contributed by atoms with Crippen LogP contribution in [0.5, 0.6) is 5.75 Å². The minimum Gasteiger partial charge on any atom is -0.508 e. The van der Waals surface area contributed by atoms with Gasteiger partial charge in [0.1, 0.15) is 5.75 Å². The topological polar surface area (TPSA) is 84.1 Å². The van der Waals surface area contributed by atoms with E-state index in [-0.39, 0.29) is 42.4 Å². The number of aromatic hydroxyl groups is 1. The summed E-state index contributed by atoms with van der Waals surface area (Å²) in [7, 11) is 0. The predicted molar refractivity (Wildman–Crippen MR) is 158 cm³/mol. The highest BCUT2D eigenvalue weighted by atomic mass is 35.5. The fraction of sp³-hybridized carbons (Fsp3) is 0.333. The van der Waals surface area contributed by atoms with Crippen LogP contribution in [0.4, 0.5) is 5.69 Å². The number of carbonyl (C=O) groups excluding carboxylic acids is 1. The standard InChI is InChI=1S/C30H33N5O2.2ClH/c1-20(2)28-14-13-24(16-31-28)35(30(37)27-11-5-10-26-25(27)9-6-12-29(26)36)18-22-15-32-34(17-22)19-23-8-4-7-21(3)33-23;;/h4,6-9,12-17,20,27,36H,5,10-11,18-19H2,1-3H3;2*1H. The molecule has 0 saturated heterocycles. The van der Waals surface area contributed by atoms with Gasteiger partial charge in [0.15, 0.2) is 0 Å². The van der Waals surface area contributed by atoms with Gasteiger partial charge in [0.25, 0.3) is 0 Å². The first-order chi connectivity index (χ1) is 17.9. The number of hydrogen-bond acceptors (Lipinski definition) is 5. The normalized spacial score (nSPS) is 14.2. The molecule has 0 bridgehead atoms. The number of pyridine rings is 2. The van der Waals surface area contributed by atoms with Crippen LogP contribution in [0.2, 0.25) is 0 Å². The first kappa shape index (κ1) is 30.1. The summed E-state index contributed by atoms with van der Waals surface area (Å²) >= 11 is 0. The van der Waals surface area contributed by atoms with Crippen molar-refractivity contribution in [1.82, 2.24) is 19.7 Å². The Hall–Kier alpha value is -3.42. The van der Waals surface area contributed by atoms with E-state index in [1.165, 1.54) is 0 Å². The second-order valence-electron chi connectivity index (χ2n) is 10.1. The van der Waals surface area contributed by atoms with E-state index in [2.05, 4.69) is 28.9 Å². The monoisotopic (exact) mass is 567 g/mol. The Bertz CT molecular complexity index is 1400. The molecule has 0 aliphatic heterocycles. The lowest BCUT2D eigenvalue weighted by atomic mass is 9.81. The van der Waals surface area contributed by atoms with E-state index >= 15 is 0 Å². The second-order valence-corrected chi connectivity index (χ2v) is 10.1. The van der Waals surface area contributed by atoms with E-state index in [0.717, 1.165) is 58.7 Å². The molecule has 1 unspecified atom stereocenters. The molecule has 1 aromatic carbocycles. The highest BCUT2D eigenvalue weighted by Crippen LogP contribution is 2.38. The number of hydrogen-bond donors (Lipinski definition) is 1. The van der Waals surface area contributed by atoms with Crippen molar-refractivity contribution in [2.45, 2.75) is 65.0 Å². The van der Waals surface area contributed by atoms with Crippen LogP contribution >= 0.6 is 24.8 Å². The molecule has 7 nitrogen and oxygen atoms in total. The van der Waals surface area contributed by atoms with E-state index < -0.39 is 0 Å². The smallest absolute Gasteiger partial charge is 0.234 e. The molecule has 1 aliphatic rings. The van der Waals surface area contributed by atoms with E-state index in [9.17, 15) is 9.90 Å². The molecule has 39 heavy (non-hydrogen) atoms. The highest BCUT2D eigenvalue weighted by molar-refractivity contribution is 5.98. The number of amides is 1. The Morgan fingerprint density at radius 1 is 1.10 bits per heavy atom. The van der Waals surface area contributed by atoms with Crippen molar-refractivity contribution in [1.29, 1.82) is 0 Å². The molecule has 5 rings (SSSR count). The maximum atomic E-state index is 14.1. The quantitative estimate of drug-likeness (QED) is 0.281. The Morgan fingerprint density at radius 2 is 1.90 bits per heavy atom. The van der Waals surface area contributed by atoms with E-state index in [1.807, 2.05) is 71.4 Å². The molecule has 3 heterocycles. The number of rotatable bonds is 7. The summed E-state index contributed by atoms with van der Waals surface area (Å²) in [6.07, 6.45) is 7.98. The van der Waals surface area contributed by atoms with Crippen LogP contribution in [0.25, 0.3) is 0 Å². The third-order valence-electron chi connectivity index (χ3n) is 7.02. The zero-order chi connectivity index (χ0) is 25.9. The van der Waals surface area contributed by atoms with Gasteiger partial charge in [-0.25, -0.2) is 0 Å². The third-order valence-corrected chi connectivity index (χ3v) is 7.02. The zero-order valence-corrected chi connectivity index (χ0v) is 24.1. The van der Waals surface area contributed by atoms with Gasteiger partial charge < -0.3 is 10.0 Å². The maximum absolute atomic E-state index is 14.1. The number of aryl methyl sites for hydroxylation is 1. The lowest BCUT2D eigenvalue weighted by Gasteiger charge is -2.31. The van der Waals surface area contributed by atoms with Gasteiger partial charge in [0.2, 0.25) is 5.91 Å². The van der Waals surface area contributed by atoms with Crippen LogP contribution in [-0.4, -0.2) is 30.8 Å². The molecule has 4 aromatic rings. The molecule has 1 aliphatic carbocycles. The van der Waals surface area contributed by atoms with Gasteiger partial charge in [-0.05, 0) is 73.6 Å². The first-order valence-corrected chi connectivity index (χ1v) is 12.9. The van der Waals surface area contributed by atoms with Crippen molar-refractivity contribution in [3.63, 3.8) is 0 Å². The van der Waals surface area contributed by atoms with E-state index in [1.54, 1.807) is 12.3 Å². The number of phenolic OH excluding ortho intramolecular Hbond substituents is 1. The number of halogens is 2. The number of carbonyl (C=O) groups is 1. The molecule has 9 heteroatoms. The lowest BCUT2D eigenvalue weighted by Crippen LogP contribution is -2.36. The molecule has 0 fully saturated rings. The van der Waals surface area contributed by atoms with Gasteiger partial charge in [0, 0.05) is 23.1 Å². The molecule has 3 aromatic heterocycles. The largest absolute Gasteiger partial charge is 0.508 e. The number of aromatic nitrogens is 4. The molecule has 1 amide bonds. The average Bonchev–Trinajstić information content (AvgIpc) is 3.33. The minimum absolute atomic E-state index is 0. The summed E-state index contributed by atoms with van der Waals surface area (Å²) in [4.78, 5) is 25.1. The summed E-state index contributed by atoms with van der Waals surface area (Å²) in [6.45, 7) is 7.13. The number of anilines is 1. The molecule has 206 valence electrons. The number of nitrogens with zero attached hydrogens (tertiary/aromatic N) is 5. The zero-order valence-electron chi connectivity index (χ0n) is 22.4. The fourth-order valence-electron chi connectivity index (χ4n) is 5.08. The number of fused-ring (bicyclic) bond motifs is 1. The van der Waals surface area contributed by atoms with Crippen LogP contribution in [0.1, 0.15) is 72.3 Å². The van der Waals surface area contributed by atoms with Crippen molar-refractivity contribution in [2.24, 2.45) is 0 Å². The third kappa shape index (κ3) is 6.78. The number of benzene rings is 1. The minimum atomic E-state index is -0.313. The molecule has 1 N–H and O–H groups in total. The maximum Gasteiger partial charge on any atom is 0.234 e. The summed E-state index contributed by atoms with van der Waals surface area (Å²) in [5.74, 6) is 0.279. The summed E-state index contributed by atoms with van der Waals surface area (Å²) in [5, 5.41) is 15.0. The molecule has 0 radical (unpaired) electrons. The summed E-state index contributed by atoms with van der Waals surface area (Å²) in [6, 6.07) is 15.4. The average molecular weight is 569 g/mol. The summed E-state index contributed by atoms with van der Waals surface area (Å²) in [5.41, 5.74) is 6.40. The van der Waals surface area contributed by atoms with Gasteiger partial charge >= 0.3 is 0 Å². The lowest BCUT2D eigenvalue weighted by molar-refractivity contribution is -0.120. The SMILES string of the molecule is Cc1cccc(Cn2cc(CN(C(=O)C3CCCc4c(O)cccc43)c3ccc(C(C)C)nc3)cn2)n1.Cl.Cl. The fourth-order valence-corrected chi connectivity index (χ4v) is 5.08. The van der Waals surface area contributed by atoms with E-state index in [4.69, 9.17) is 0 Å². The van der Waals surface area contributed by atoms with Gasteiger partial charge in [-0.3, -0.25) is 19.4 Å². The van der Waals surface area contributed by atoms with Crippen LogP contribution in [0.3, 0.4) is 0 Å². The first-order valence-electron chi connectivity index (χ1n) is 12.9. The van der Waals surface area contributed by atoms with Gasteiger partial charge in [-0.15, -0.1) is 24.8 Å². The molecular formula is C30H35Cl2N5O2. The highest BCUT2D eigenvalue weighted by Gasteiger charge is 2.32. The Kier molecular flexibility index (Phi) is 10.1. The molecular weight excluding hydrogens is 533 g/mol. The molecule has 1 atom stereocenters. The number of phenols is 1. The summed E-state index contributed by atoms with van der Waals surface area (Å²) < 4.78 is 1.85. The van der Waals surface area contributed by atoms with Crippen molar-refractivity contribution >= 4 is 36.4 Å². The predicted octanol–water partition coefficient (Wildman–Crippen LogP) is 6.36. The second kappa shape index (κ2) is 13.1. The van der Waals surface area contributed by atoms with Crippen molar-refractivity contribution in [3.05, 3.63) is 101 Å². The van der Waals surface area contributed by atoms with Gasteiger partial charge in [0.05, 0.1) is 42.8 Å².